The fourth-order valence-electron chi connectivity index (χ4n) is 3.21. The first kappa shape index (κ1) is 14.8. The largest absolute Gasteiger partial charge is 0.307 e. The molecule has 1 aliphatic rings. The molecule has 2 aromatic rings. The van der Waals surface area contributed by atoms with E-state index in [2.05, 4.69) is 44.2 Å². The number of amides is 1. The van der Waals surface area contributed by atoms with E-state index in [9.17, 15) is 4.79 Å². The molecule has 0 bridgehead atoms. The van der Waals surface area contributed by atoms with E-state index in [1.54, 1.807) is 0 Å². The summed E-state index contributed by atoms with van der Waals surface area (Å²) in [6, 6.07) is 18.6. The minimum absolute atomic E-state index is 0.225. The highest BCUT2D eigenvalue weighted by molar-refractivity contribution is 5.98. The number of hydrogen-bond donors (Lipinski definition) is 0. The molecule has 0 aromatic heterocycles. The number of fused-ring (bicyclic) bond motifs is 1. The SMILES string of the molecule is CC1(C)CCCc2ccccc2N(Cc2ccccc2)C1=O. The van der Waals surface area contributed by atoms with Gasteiger partial charge in [-0.15, -0.1) is 0 Å². The molecule has 0 atom stereocenters. The lowest BCUT2D eigenvalue weighted by atomic mass is 9.82. The molecular formula is C20H23NO. The third-order valence-electron chi connectivity index (χ3n) is 4.54. The first-order chi connectivity index (χ1) is 10.6. The highest BCUT2D eigenvalue weighted by atomic mass is 16.2. The van der Waals surface area contributed by atoms with E-state index in [0.29, 0.717) is 6.54 Å². The number of nitrogens with zero attached hydrogens (tertiary/aromatic N) is 1. The van der Waals surface area contributed by atoms with Crippen LogP contribution in [-0.2, 0) is 17.8 Å². The molecule has 0 fully saturated rings. The molecule has 22 heavy (non-hydrogen) atoms. The monoisotopic (exact) mass is 293 g/mol. The molecule has 0 radical (unpaired) electrons. The average molecular weight is 293 g/mol. The molecule has 0 saturated heterocycles. The van der Waals surface area contributed by atoms with Gasteiger partial charge < -0.3 is 4.90 Å². The second-order valence-corrected chi connectivity index (χ2v) is 6.74. The first-order valence-corrected chi connectivity index (χ1v) is 8.02. The van der Waals surface area contributed by atoms with Crippen molar-refractivity contribution in [2.24, 2.45) is 5.41 Å². The minimum Gasteiger partial charge on any atom is -0.307 e. The number of hydrogen-bond acceptors (Lipinski definition) is 1. The van der Waals surface area contributed by atoms with Crippen molar-refractivity contribution in [2.45, 2.75) is 39.7 Å². The Morgan fingerprint density at radius 3 is 2.45 bits per heavy atom. The fraction of sp³-hybridized carbons (Fsp3) is 0.350. The zero-order chi connectivity index (χ0) is 15.6. The summed E-state index contributed by atoms with van der Waals surface area (Å²) < 4.78 is 0. The Kier molecular flexibility index (Phi) is 4.02. The lowest BCUT2D eigenvalue weighted by molar-refractivity contribution is -0.127. The second kappa shape index (κ2) is 5.96. The summed E-state index contributed by atoms with van der Waals surface area (Å²) >= 11 is 0. The van der Waals surface area contributed by atoms with Gasteiger partial charge in [0.05, 0.1) is 6.54 Å². The van der Waals surface area contributed by atoms with Gasteiger partial charge in [-0.2, -0.15) is 0 Å². The first-order valence-electron chi connectivity index (χ1n) is 8.02. The van der Waals surface area contributed by atoms with E-state index < -0.39 is 0 Å². The van der Waals surface area contributed by atoms with Crippen molar-refractivity contribution >= 4 is 11.6 Å². The average Bonchev–Trinajstić information content (AvgIpc) is 2.53. The molecule has 114 valence electrons. The van der Waals surface area contributed by atoms with Crippen LogP contribution in [0.2, 0.25) is 0 Å². The predicted molar refractivity (Wildman–Crippen MR) is 90.8 cm³/mol. The molecule has 0 aliphatic carbocycles. The van der Waals surface area contributed by atoms with Gasteiger partial charge in [-0.1, -0.05) is 62.4 Å². The molecule has 0 unspecified atom stereocenters. The van der Waals surface area contributed by atoms with Gasteiger partial charge in [0.2, 0.25) is 5.91 Å². The van der Waals surface area contributed by atoms with Gasteiger partial charge in [0.15, 0.2) is 0 Å². The van der Waals surface area contributed by atoms with E-state index in [0.717, 1.165) is 24.9 Å². The normalized spacial score (nSPS) is 17.5. The van der Waals surface area contributed by atoms with Crippen LogP contribution in [0.3, 0.4) is 0 Å². The van der Waals surface area contributed by atoms with Crippen molar-refractivity contribution in [1.82, 2.24) is 0 Å². The molecule has 0 saturated carbocycles. The Hall–Kier alpha value is -2.09. The van der Waals surface area contributed by atoms with E-state index in [-0.39, 0.29) is 11.3 Å². The summed E-state index contributed by atoms with van der Waals surface area (Å²) in [7, 11) is 0. The summed E-state index contributed by atoms with van der Waals surface area (Å²) in [6.07, 6.45) is 3.04. The van der Waals surface area contributed by atoms with Crippen LogP contribution in [0.15, 0.2) is 54.6 Å². The van der Waals surface area contributed by atoms with Crippen LogP contribution in [0.25, 0.3) is 0 Å². The van der Waals surface area contributed by atoms with Gasteiger partial charge in [-0.25, -0.2) is 0 Å². The number of anilines is 1. The van der Waals surface area contributed by atoms with Crippen molar-refractivity contribution in [1.29, 1.82) is 0 Å². The van der Waals surface area contributed by atoms with Crippen LogP contribution in [0, 0.1) is 5.41 Å². The van der Waals surface area contributed by atoms with Gasteiger partial charge >= 0.3 is 0 Å². The number of benzene rings is 2. The van der Waals surface area contributed by atoms with Crippen LogP contribution in [0.4, 0.5) is 5.69 Å². The Morgan fingerprint density at radius 2 is 1.68 bits per heavy atom. The Morgan fingerprint density at radius 1 is 1.00 bits per heavy atom. The van der Waals surface area contributed by atoms with Crippen molar-refractivity contribution in [3.05, 3.63) is 65.7 Å². The van der Waals surface area contributed by atoms with Crippen molar-refractivity contribution < 1.29 is 4.79 Å². The van der Waals surface area contributed by atoms with Gasteiger partial charge in [0, 0.05) is 11.1 Å². The third-order valence-corrected chi connectivity index (χ3v) is 4.54. The third kappa shape index (κ3) is 2.92. The van der Waals surface area contributed by atoms with E-state index >= 15 is 0 Å². The van der Waals surface area contributed by atoms with Gasteiger partial charge in [-0.05, 0) is 36.5 Å². The Balaban J connectivity index is 2.03. The number of carbonyl (C=O) groups is 1. The smallest absolute Gasteiger partial charge is 0.232 e. The van der Waals surface area contributed by atoms with Gasteiger partial charge in [0.1, 0.15) is 0 Å². The van der Waals surface area contributed by atoms with Crippen LogP contribution < -0.4 is 4.90 Å². The molecule has 1 amide bonds. The van der Waals surface area contributed by atoms with Crippen LogP contribution in [0.1, 0.15) is 37.8 Å². The summed E-state index contributed by atoms with van der Waals surface area (Å²) in [5, 5.41) is 0. The molecule has 0 spiro atoms. The number of para-hydroxylation sites is 1. The van der Waals surface area contributed by atoms with E-state index in [1.165, 1.54) is 11.1 Å². The van der Waals surface area contributed by atoms with Gasteiger partial charge in [0.25, 0.3) is 0 Å². The molecule has 2 aromatic carbocycles. The molecular weight excluding hydrogens is 270 g/mol. The molecule has 0 N–H and O–H groups in total. The maximum Gasteiger partial charge on any atom is 0.232 e. The maximum absolute atomic E-state index is 13.1. The molecule has 1 heterocycles. The predicted octanol–water partition coefficient (Wildman–Crippen LogP) is 4.58. The highest BCUT2D eigenvalue weighted by Crippen LogP contribution is 2.35. The quantitative estimate of drug-likeness (QED) is 0.793. The lowest BCUT2D eigenvalue weighted by Gasteiger charge is -2.35. The van der Waals surface area contributed by atoms with Crippen LogP contribution in [0.5, 0.6) is 0 Å². The Bertz CT molecular complexity index is 660. The summed E-state index contributed by atoms with van der Waals surface area (Å²) in [5.74, 6) is 0.225. The zero-order valence-electron chi connectivity index (χ0n) is 13.4. The van der Waals surface area contributed by atoms with Gasteiger partial charge in [-0.3, -0.25) is 4.79 Å². The van der Waals surface area contributed by atoms with Crippen molar-refractivity contribution in [3.8, 4) is 0 Å². The van der Waals surface area contributed by atoms with Crippen molar-refractivity contribution in [2.75, 3.05) is 4.90 Å². The summed E-state index contributed by atoms with van der Waals surface area (Å²) in [6.45, 7) is 4.78. The topological polar surface area (TPSA) is 20.3 Å². The minimum atomic E-state index is -0.303. The summed E-state index contributed by atoms with van der Waals surface area (Å²) in [5.41, 5.74) is 3.22. The molecule has 1 aliphatic heterocycles. The zero-order valence-corrected chi connectivity index (χ0v) is 13.4. The molecule has 2 heteroatoms. The van der Waals surface area contributed by atoms with E-state index in [1.807, 2.05) is 29.2 Å². The Labute approximate surface area is 132 Å². The van der Waals surface area contributed by atoms with Crippen LogP contribution >= 0.6 is 0 Å². The highest BCUT2D eigenvalue weighted by Gasteiger charge is 2.34. The number of aryl methyl sites for hydroxylation is 1. The maximum atomic E-state index is 13.1. The van der Waals surface area contributed by atoms with Crippen molar-refractivity contribution in [3.63, 3.8) is 0 Å². The lowest BCUT2D eigenvalue weighted by Crippen LogP contribution is -2.42. The fourth-order valence-corrected chi connectivity index (χ4v) is 3.21. The standard InChI is InChI=1S/C20H23NO/c1-20(2)14-8-12-17-11-6-7-13-18(17)21(19(20)22)15-16-9-4-3-5-10-16/h3-7,9-11,13H,8,12,14-15H2,1-2H3. The second-order valence-electron chi connectivity index (χ2n) is 6.74. The van der Waals surface area contributed by atoms with Crippen LogP contribution in [-0.4, -0.2) is 5.91 Å². The molecule has 3 rings (SSSR count). The number of carbonyl (C=O) groups excluding carboxylic acids is 1. The summed E-state index contributed by atoms with van der Waals surface area (Å²) in [4.78, 5) is 15.1. The van der Waals surface area contributed by atoms with E-state index in [4.69, 9.17) is 0 Å². The number of rotatable bonds is 2. The molecule has 2 nitrogen and oxygen atoms in total.